The molecule has 0 radical (unpaired) electrons. The molecule has 1 aliphatic rings. The van der Waals surface area contributed by atoms with Gasteiger partial charge in [0.05, 0.1) is 29.3 Å². The number of amides is 2. The molecule has 9 nitrogen and oxygen atoms in total. The molecule has 0 aliphatic carbocycles. The first-order valence-corrected chi connectivity index (χ1v) is 14.2. The second-order valence-electron chi connectivity index (χ2n) is 9.02. The minimum Gasteiger partial charge on any atom is -0.457 e. The maximum Gasteiger partial charge on any atom is 0.253 e. The number of carbonyl (C=O) groups is 2. The lowest BCUT2D eigenvalue weighted by atomic mass is 10.1. The molecule has 0 aromatic heterocycles. The van der Waals surface area contributed by atoms with Gasteiger partial charge in [0, 0.05) is 13.2 Å². The van der Waals surface area contributed by atoms with Gasteiger partial charge in [-0.3, -0.25) is 13.9 Å². The molecule has 38 heavy (non-hydrogen) atoms. The van der Waals surface area contributed by atoms with Crippen molar-refractivity contribution < 1.29 is 27.5 Å². The van der Waals surface area contributed by atoms with Gasteiger partial charge in [-0.1, -0.05) is 30.3 Å². The van der Waals surface area contributed by atoms with Crippen molar-refractivity contribution in [3.8, 4) is 11.5 Å². The highest BCUT2D eigenvalue weighted by Crippen LogP contribution is 2.27. The molecule has 2 atom stereocenters. The molecule has 0 unspecified atom stereocenters. The Hall–Kier alpha value is -3.89. The third-order valence-corrected chi connectivity index (χ3v) is 7.34. The molecule has 1 aliphatic heterocycles. The van der Waals surface area contributed by atoms with E-state index >= 15 is 0 Å². The van der Waals surface area contributed by atoms with E-state index in [4.69, 9.17) is 9.47 Å². The lowest BCUT2D eigenvalue weighted by Gasteiger charge is -2.28. The first-order chi connectivity index (χ1) is 18.2. The highest BCUT2D eigenvalue weighted by molar-refractivity contribution is 7.92. The van der Waals surface area contributed by atoms with Crippen LogP contribution in [-0.2, 0) is 19.6 Å². The smallest absolute Gasteiger partial charge is 0.253 e. The Kier molecular flexibility index (Phi) is 8.65. The molecule has 1 heterocycles. The molecule has 10 heteroatoms. The second-order valence-corrected chi connectivity index (χ2v) is 10.9. The highest BCUT2D eigenvalue weighted by Gasteiger charge is 2.30. The molecular weight excluding hydrogens is 506 g/mol. The number of para-hydroxylation sites is 2. The predicted octanol–water partition coefficient (Wildman–Crippen LogP) is 4.18. The lowest BCUT2D eigenvalue weighted by molar-refractivity contribution is -0.116. The summed E-state index contributed by atoms with van der Waals surface area (Å²) in [5.41, 5.74) is 0.867. The normalized spacial score (nSPS) is 15.9. The predicted molar refractivity (Wildman–Crippen MR) is 146 cm³/mol. The van der Waals surface area contributed by atoms with Crippen LogP contribution >= 0.6 is 0 Å². The lowest BCUT2D eigenvalue weighted by Crippen LogP contribution is -2.45. The molecular formula is C28H31N3O6S. The SMILES string of the molecule is C[C@@H](C(=O)Nc1ccccc1C(=O)NC[C@@H]1CCCO1)N(c1ccc(Oc2ccccc2)cc1)S(C)(=O)=O. The van der Waals surface area contributed by atoms with Crippen molar-refractivity contribution in [2.75, 3.05) is 29.0 Å². The van der Waals surface area contributed by atoms with Crippen LogP contribution in [0.1, 0.15) is 30.1 Å². The number of ether oxygens (including phenoxy) is 2. The number of anilines is 2. The minimum absolute atomic E-state index is 0.0199. The zero-order chi connectivity index (χ0) is 27.1. The second kappa shape index (κ2) is 12.1. The summed E-state index contributed by atoms with van der Waals surface area (Å²) in [6.07, 6.45) is 2.87. The van der Waals surface area contributed by atoms with Crippen molar-refractivity contribution in [3.05, 3.63) is 84.4 Å². The Morgan fingerprint density at radius 2 is 1.66 bits per heavy atom. The summed E-state index contributed by atoms with van der Waals surface area (Å²) >= 11 is 0. The molecule has 3 aromatic rings. The molecule has 0 spiro atoms. The van der Waals surface area contributed by atoms with E-state index < -0.39 is 22.0 Å². The van der Waals surface area contributed by atoms with Gasteiger partial charge in [0.2, 0.25) is 15.9 Å². The number of hydrogen-bond acceptors (Lipinski definition) is 6. The van der Waals surface area contributed by atoms with Crippen LogP contribution in [0.25, 0.3) is 0 Å². The van der Waals surface area contributed by atoms with Crippen LogP contribution in [0.4, 0.5) is 11.4 Å². The molecule has 2 N–H and O–H groups in total. The van der Waals surface area contributed by atoms with Crippen molar-refractivity contribution >= 4 is 33.2 Å². The molecule has 3 aromatic carbocycles. The van der Waals surface area contributed by atoms with E-state index in [1.165, 1.54) is 6.92 Å². The average Bonchev–Trinajstić information content (AvgIpc) is 3.42. The van der Waals surface area contributed by atoms with Crippen molar-refractivity contribution in [2.45, 2.75) is 31.9 Å². The van der Waals surface area contributed by atoms with E-state index in [9.17, 15) is 18.0 Å². The minimum atomic E-state index is -3.83. The van der Waals surface area contributed by atoms with Crippen molar-refractivity contribution in [2.24, 2.45) is 0 Å². The summed E-state index contributed by atoms with van der Waals surface area (Å²) in [5.74, 6) is 0.234. The van der Waals surface area contributed by atoms with E-state index in [2.05, 4.69) is 10.6 Å². The van der Waals surface area contributed by atoms with Gasteiger partial charge in [-0.15, -0.1) is 0 Å². The quantitative estimate of drug-likeness (QED) is 0.401. The van der Waals surface area contributed by atoms with Crippen molar-refractivity contribution in [1.29, 1.82) is 0 Å². The fourth-order valence-corrected chi connectivity index (χ4v) is 5.40. The molecule has 0 saturated carbocycles. The third kappa shape index (κ3) is 6.90. The Bertz CT molecular complexity index is 1360. The average molecular weight is 538 g/mol. The van der Waals surface area contributed by atoms with Gasteiger partial charge < -0.3 is 20.1 Å². The Balaban J connectivity index is 1.48. The van der Waals surface area contributed by atoms with Gasteiger partial charge in [-0.2, -0.15) is 0 Å². The zero-order valence-electron chi connectivity index (χ0n) is 21.3. The van der Waals surface area contributed by atoms with Crippen molar-refractivity contribution in [1.82, 2.24) is 5.32 Å². The maximum atomic E-state index is 13.2. The topological polar surface area (TPSA) is 114 Å². The number of nitrogens with zero attached hydrogens (tertiary/aromatic N) is 1. The van der Waals surface area contributed by atoms with Crippen LogP contribution in [-0.4, -0.2) is 51.8 Å². The van der Waals surface area contributed by atoms with Crippen LogP contribution in [0.2, 0.25) is 0 Å². The highest BCUT2D eigenvalue weighted by atomic mass is 32.2. The molecule has 1 saturated heterocycles. The van der Waals surface area contributed by atoms with Gasteiger partial charge in [0.25, 0.3) is 5.91 Å². The molecule has 1 fully saturated rings. The van der Waals surface area contributed by atoms with E-state index in [0.29, 0.717) is 30.3 Å². The summed E-state index contributed by atoms with van der Waals surface area (Å²) in [6, 6.07) is 21.1. The Morgan fingerprint density at radius 3 is 2.32 bits per heavy atom. The van der Waals surface area contributed by atoms with Crippen LogP contribution in [0, 0.1) is 0 Å². The third-order valence-electron chi connectivity index (χ3n) is 6.10. The van der Waals surface area contributed by atoms with Gasteiger partial charge in [-0.25, -0.2) is 8.42 Å². The van der Waals surface area contributed by atoms with Gasteiger partial charge in [0.1, 0.15) is 17.5 Å². The first-order valence-electron chi connectivity index (χ1n) is 12.3. The maximum absolute atomic E-state index is 13.2. The molecule has 0 bridgehead atoms. The fourth-order valence-electron chi connectivity index (χ4n) is 4.23. The van der Waals surface area contributed by atoms with E-state index in [-0.39, 0.29) is 23.3 Å². The van der Waals surface area contributed by atoms with E-state index in [1.54, 1.807) is 48.5 Å². The first kappa shape index (κ1) is 27.2. The number of carbonyl (C=O) groups excluding carboxylic acids is 2. The Labute approximate surface area is 222 Å². The summed E-state index contributed by atoms with van der Waals surface area (Å²) in [6.45, 7) is 2.55. The number of nitrogens with one attached hydrogen (secondary N) is 2. The van der Waals surface area contributed by atoms with Gasteiger partial charge in [-0.05, 0) is 68.3 Å². The molecule has 200 valence electrons. The van der Waals surface area contributed by atoms with Gasteiger partial charge in [0.15, 0.2) is 0 Å². The summed E-state index contributed by atoms with van der Waals surface area (Å²) in [7, 11) is -3.83. The summed E-state index contributed by atoms with van der Waals surface area (Å²) < 4.78 is 37.8. The van der Waals surface area contributed by atoms with Crippen LogP contribution < -0.4 is 19.7 Å². The summed E-state index contributed by atoms with van der Waals surface area (Å²) in [5, 5.41) is 5.57. The molecule has 2 amide bonds. The van der Waals surface area contributed by atoms with Crippen LogP contribution in [0.3, 0.4) is 0 Å². The summed E-state index contributed by atoms with van der Waals surface area (Å²) in [4.78, 5) is 26.0. The number of hydrogen-bond donors (Lipinski definition) is 2. The van der Waals surface area contributed by atoms with E-state index in [0.717, 1.165) is 23.4 Å². The Morgan fingerprint density at radius 1 is 1.00 bits per heavy atom. The number of rotatable bonds is 10. The largest absolute Gasteiger partial charge is 0.457 e. The van der Waals surface area contributed by atoms with Crippen LogP contribution in [0.15, 0.2) is 78.9 Å². The number of benzene rings is 3. The van der Waals surface area contributed by atoms with Crippen LogP contribution in [0.5, 0.6) is 11.5 Å². The zero-order valence-corrected chi connectivity index (χ0v) is 22.1. The number of sulfonamides is 1. The molecule has 4 rings (SSSR count). The van der Waals surface area contributed by atoms with Gasteiger partial charge >= 0.3 is 0 Å². The van der Waals surface area contributed by atoms with Crippen molar-refractivity contribution in [3.63, 3.8) is 0 Å². The fraction of sp³-hybridized carbons (Fsp3) is 0.286. The standard InChI is InChI=1S/C28H31N3O6S/c1-20(27(32)30-26-13-7-6-12-25(26)28(33)29-19-24-11-8-18-36-24)31(38(2,34)35)21-14-16-23(17-15-21)37-22-9-4-3-5-10-22/h3-7,9-10,12-17,20,24H,8,11,18-19H2,1-2H3,(H,29,33)(H,30,32)/t20-,24-/m0/s1. The van der Waals surface area contributed by atoms with E-state index in [1.807, 2.05) is 30.3 Å². The monoisotopic (exact) mass is 537 g/mol.